The predicted octanol–water partition coefficient (Wildman–Crippen LogP) is 4.68. The van der Waals surface area contributed by atoms with Crippen molar-refractivity contribution in [1.29, 1.82) is 0 Å². The van der Waals surface area contributed by atoms with Crippen LogP contribution in [0.1, 0.15) is 36.2 Å². The molecule has 3 aromatic rings. The first-order valence-corrected chi connectivity index (χ1v) is 8.50. The Morgan fingerprint density at radius 1 is 1.17 bits per heavy atom. The number of rotatable bonds is 3. The van der Waals surface area contributed by atoms with Crippen molar-refractivity contribution in [2.24, 2.45) is 0 Å². The summed E-state index contributed by atoms with van der Waals surface area (Å²) in [5, 5.41) is 1.31. The van der Waals surface area contributed by atoms with E-state index in [9.17, 15) is 9.59 Å². The molecule has 0 saturated carbocycles. The summed E-state index contributed by atoms with van der Waals surface area (Å²) in [5.74, 6) is -0.365. The van der Waals surface area contributed by atoms with Crippen LogP contribution in [0.5, 0.6) is 0 Å². The molecule has 3 rings (SSSR count). The van der Waals surface area contributed by atoms with Gasteiger partial charge in [0, 0.05) is 20.2 Å². The Labute approximate surface area is 138 Å². The fourth-order valence-corrected chi connectivity index (χ4v) is 3.74. The third-order valence-corrected chi connectivity index (χ3v) is 5.24. The van der Waals surface area contributed by atoms with Crippen LogP contribution in [-0.4, -0.2) is 12.1 Å². The number of benzene rings is 2. The van der Waals surface area contributed by atoms with Crippen LogP contribution in [0.4, 0.5) is 0 Å². The normalized spacial score (nSPS) is 12.5. The second kappa shape index (κ2) is 6.13. The Bertz CT molecular complexity index is 956. The molecule has 0 fully saturated rings. The van der Waals surface area contributed by atoms with Crippen molar-refractivity contribution in [2.45, 2.75) is 33.3 Å². The highest BCUT2D eigenvalue weighted by Gasteiger charge is 2.17. The van der Waals surface area contributed by atoms with E-state index in [1.165, 1.54) is 0 Å². The quantitative estimate of drug-likeness (QED) is 0.518. The van der Waals surface area contributed by atoms with Crippen LogP contribution in [0.2, 0.25) is 0 Å². The molecule has 3 nitrogen and oxygen atoms in total. The highest BCUT2D eigenvalue weighted by atomic mass is 32.1. The molecule has 118 valence electrons. The fourth-order valence-electron chi connectivity index (χ4n) is 2.60. The van der Waals surface area contributed by atoms with Gasteiger partial charge in [0.05, 0.1) is 11.7 Å². The number of carbonyl (C=O) groups is 1. The molecule has 0 amide bonds. The van der Waals surface area contributed by atoms with Gasteiger partial charge in [-0.05, 0) is 50.1 Å². The Hall–Kier alpha value is -2.20. The smallest absolute Gasteiger partial charge is 0.338 e. The van der Waals surface area contributed by atoms with Crippen LogP contribution in [0.15, 0.2) is 41.2 Å². The van der Waals surface area contributed by atoms with Gasteiger partial charge in [-0.3, -0.25) is 4.79 Å². The van der Waals surface area contributed by atoms with Crippen LogP contribution in [0.25, 0.3) is 20.2 Å². The lowest BCUT2D eigenvalue weighted by atomic mass is 10.0. The number of hydrogen-bond donors (Lipinski definition) is 0. The number of carbonyl (C=O) groups excluding carboxylic acids is 1. The molecule has 0 aliphatic heterocycles. The number of esters is 1. The fraction of sp³-hybridized carbons (Fsp3) is 0.263. The van der Waals surface area contributed by atoms with Crippen molar-refractivity contribution in [3.63, 3.8) is 0 Å². The maximum absolute atomic E-state index is 12.8. The molecule has 0 aliphatic carbocycles. The molecule has 1 heterocycles. The molecule has 1 aromatic heterocycles. The molecule has 2 aromatic carbocycles. The molecule has 0 spiro atoms. The maximum Gasteiger partial charge on any atom is 0.338 e. The molecule has 23 heavy (non-hydrogen) atoms. The van der Waals surface area contributed by atoms with Gasteiger partial charge in [0.1, 0.15) is 0 Å². The Morgan fingerprint density at radius 2 is 1.91 bits per heavy atom. The minimum Gasteiger partial charge on any atom is -0.459 e. The van der Waals surface area contributed by atoms with Crippen molar-refractivity contribution in [2.75, 3.05) is 0 Å². The van der Waals surface area contributed by atoms with Gasteiger partial charge in [0.2, 0.25) is 0 Å². The van der Waals surface area contributed by atoms with Crippen molar-refractivity contribution in [3.05, 3.63) is 57.7 Å². The van der Waals surface area contributed by atoms with Crippen LogP contribution in [0.3, 0.4) is 0 Å². The van der Waals surface area contributed by atoms with Crippen molar-refractivity contribution >= 4 is 37.5 Å². The van der Waals surface area contributed by atoms with Gasteiger partial charge >= 0.3 is 5.97 Å². The largest absolute Gasteiger partial charge is 0.459 e. The van der Waals surface area contributed by atoms with Gasteiger partial charge in [-0.25, -0.2) is 4.79 Å². The molecular weight excluding hydrogens is 308 g/mol. The van der Waals surface area contributed by atoms with E-state index in [4.69, 9.17) is 4.74 Å². The van der Waals surface area contributed by atoms with E-state index in [2.05, 4.69) is 0 Å². The van der Waals surface area contributed by atoms with Gasteiger partial charge in [-0.1, -0.05) is 19.1 Å². The number of aryl methyl sites for hydroxylation is 1. The molecule has 0 N–H and O–H groups in total. The SMILES string of the molecule is CCC(C)OC(=O)c1ccc2sc3ccccc3c(=O)c2c1C. The van der Waals surface area contributed by atoms with Crippen molar-refractivity contribution in [1.82, 2.24) is 0 Å². The standard InChI is InChI=1S/C19H18O3S/c1-4-11(2)22-19(21)13-9-10-16-17(12(13)3)18(20)14-7-5-6-8-15(14)23-16/h5-11H,4H2,1-3H3. The average Bonchev–Trinajstić information content (AvgIpc) is 2.54. The molecule has 1 unspecified atom stereocenters. The topological polar surface area (TPSA) is 43.4 Å². The van der Waals surface area contributed by atoms with E-state index < -0.39 is 0 Å². The van der Waals surface area contributed by atoms with Crippen LogP contribution >= 0.6 is 11.3 Å². The lowest BCUT2D eigenvalue weighted by molar-refractivity contribution is 0.0334. The molecule has 0 aliphatic rings. The predicted molar refractivity (Wildman–Crippen MR) is 95.5 cm³/mol. The number of fused-ring (bicyclic) bond motifs is 2. The summed E-state index contributed by atoms with van der Waals surface area (Å²) in [5.41, 5.74) is 1.14. The first-order chi connectivity index (χ1) is 11.0. The van der Waals surface area contributed by atoms with Gasteiger partial charge in [-0.15, -0.1) is 11.3 Å². The van der Waals surface area contributed by atoms with Crippen LogP contribution in [0, 0.1) is 6.92 Å². The highest BCUT2D eigenvalue weighted by molar-refractivity contribution is 7.24. The van der Waals surface area contributed by atoms with Crippen LogP contribution in [-0.2, 0) is 4.74 Å². The zero-order valence-electron chi connectivity index (χ0n) is 13.4. The number of ether oxygens (including phenoxy) is 1. The maximum atomic E-state index is 12.8. The van der Waals surface area contributed by atoms with Crippen molar-refractivity contribution < 1.29 is 9.53 Å². The lowest BCUT2D eigenvalue weighted by Gasteiger charge is -2.13. The Morgan fingerprint density at radius 3 is 2.65 bits per heavy atom. The zero-order valence-corrected chi connectivity index (χ0v) is 14.2. The van der Waals surface area contributed by atoms with Gasteiger partial charge in [0.25, 0.3) is 0 Å². The van der Waals surface area contributed by atoms with E-state index in [1.807, 2.05) is 51.1 Å². The molecule has 0 bridgehead atoms. The summed E-state index contributed by atoms with van der Waals surface area (Å²) >= 11 is 1.57. The zero-order chi connectivity index (χ0) is 16.6. The van der Waals surface area contributed by atoms with E-state index in [1.54, 1.807) is 17.4 Å². The first kappa shape index (κ1) is 15.7. The van der Waals surface area contributed by atoms with Gasteiger partial charge < -0.3 is 4.74 Å². The summed E-state index contributed by atoms with van der Waals surface area (Å²) in [6, 6.07) is 11.2. The summed E-state index contributed by atoms with van der Waals surface area (Å²) in [7, 11) is 0. The lowest BCUT2D eigenvalue weighted by Crippen LogP contribution is -2.16. The third kappa shape index (κ3) is 2.75. The Kier molecular flexibility index (Phi) is 4.18. The van der Waals surface area contributed by atoms with E-state index in [0.717, 1.165) is 15.8 Å². The van der Waals surface area contributed by atoms with E-state index >= 15 is 0 Å². The molecule has 0 saturated heterocycles. The summed E-state index contributed by atoms with van der Waals surface area (Å²) in [6.07, 6.45) is 0.626. The van der Waals surface area contributed by atoms with E-state index in [0.29, 0.717) is 21.9 Å². The Balaban J connectivity index is 2.22. The number of hydrogen-bond acceptors (Lipinski definition) is 4. The third-order valence-electron chi connectivity index (χ3n) is 4.11. The second-order valence-corrected chi connectivity index (χ2v) is 6.75. The summed E-state index contributed by atoms with van der Waals surface area (Å²) < 4.78 is 7.26. The molecule has 1 atom stereocenters. The first-order valence-electron chi connectivity index (χ1n) is 7.69. The minimum absolute atomic E-state index is 0.0231. The van der Waals surface area contributed by atoms with Crippen LogP contribution < -0.4 is 5.43 Å². The molecule has 4 heteroatoms. The summed E-state index contributed by atoms with van der Waals surface area (Å²) in [4.78, 5) is 25.1. The monoisotopic (exact) mass is 326 g/mol. The summed E-state index contributed by atoms with van der Waals surface area (Å²) in [6.45, 7) is 5.65. The van der Waals surface area contributed by atoms with Crippen molar-refractivity contribution in [3.8, 4) is 0 Å². The second-order valence-electron chi connectivity index (χ2n) is 5.66. The minimum atomic E-state index is -0.365. The van der Waals surface area contributed by atoms with Gasteiger partial charge in [-0.2, -0.15) is 0 Å². The highest BCUT2D eigenvalue weighted by Crippen LogP contribution is 2.28. The molecular formula is C19H18O3S. The molecule has 0 radical (unpaired) electrons. The van der Waals surface area contributed by atoms with E-state index in [-0.39, 0.29) is 17.5 Å². The average molecular weight is 326 g/mol. The van der Waals surface area contributed by atoms with Gasteiger partial charge in [0.15, 0.2) is 5.43 Å².